The van der Waals surface area contributed by atoms with Crippen LogP contribution in [0, 0.1) is 13.8 Å². The zero-order chi connectivity index (χ0) is 25.6. The summed E-state index contributed by atoms with van der Waals surface area (Å²) in [7, 11) is 3.19. The molecule has 0 aliphatic rings. The summed E-state index contributed by atoms with van der Waals surface area (Å²) < 4.78 is 7.76. The van der Waals surface area contributed by atoms with Gasteiger partial charge in [-0.05, 0) is 79.2 Å². The van der Waals surface area contributed by atoms with E-state index in [1.807, 2.05) is 64.2 Å². The molecule has 1 N–H and O–H groups in total. The third kappa shape index (κ3) is 4.16. The van der Waals surface area contributed by atoms with Gasteiger partial charge in [-0.3, -0.25) is 4.79 Å². The van der Waals surface area contributed by atoms with Crippen LogP contribution < -0.4 is 10.9 Å². The molecule has 5 rings (SSSR count). The maximum Gasteiger partial charge on any atom is 0.339 e. The normalized spacial score (nSPS) is 12.1. The van der Waals surface area contributed by atoms with Gasteiger partial charge in [-0.25, -0.2) is 9.78 Å². The quantitative estimate of drug-likeness (QED) is 0.285. The number of para-hydroxylation sites is 1. The first-order valence-electron chi connectivity index (χ1n) is 11.7. The SMILES string of the molecule is COC(=O)c1ccccc1NC(C)c1cc(C)cc2c(=O)n(C)c(-c3ccc4nc(C)sc4c3)cc12. The van der Waals surface area contributed by atoms with Crippen LogP contribution >= 0.6 is 11.3 Å². The second-order valence-electron chi connectivity index (χ2n) is 9.03. The second kappa shape index (κ2) is 9.24. The van der Waals surface area contributed by atoms with E-state index in [0.717, 1.165) is 43.0 Å². The van der Waals surface area contributed by atoms with Crippen LogP contribution in [-0.2, 0) is 11.8 Å². The molecule has 2 heterocycles. The number of carbonyl (C=O) groups excluding carboxylic acids is 1. The van der Waals surface area contributed by atoms with E-state index in [4.69, 9.17) is 4.74 Å². The number of methoxy groups -OCH3 is 1. The highest BCUT2D eigenvalue weighted by Crippen LogP contribution is 2.33. The second-order valence-corrected chi connectivity index (χ2v) is 10.3. The number of aromatic nitrogens is 2. The van der Waals surface area contributed by atoms with E-state index in [0.29, 0.717) is 16.6 Å². The number of nitrogens with one attached hydrogen (secondary N) is 1. The first-order chi connectivity index (χ1) is 17.3. The predicted molar refractivity (Wildman–Crippen MR) is 147 cm³/mol. The van der Waals surface area contributed by atoms with Crippen LogP contribution in [0.15, 0.2) is 65.5 Å². The number of esters is 1. The lowest BCUT2D eigenvalue weighted by atomic mass is 9.95. The summed E-state index contributed by atoms with van der Waals surface area (Å²) in [6, 6.07) is 19.4. The Bertz CT molecular complexity index is 1700. The third-order valence-corrected chi connectivity index (χ3v) is 7.43. The Morgan fingerprint density at radius 1 is 1.06 bits per heavy atom. The summed E-state index contributed by atoms with van der Waals surface area (Å²) in [6.45, 7) is 6.02. The number of aryl methyl sites for hydroxylation is 2. The fourth-order valence-electron chi connectivity index (χ4n) is 4.73. The smallest absolute Gasteiger partial charge is 0.339 e. The Kier molecular flexibility index (Phi) is 6.10. The number of benzene rings is 3. The molecule has 0 spiro atoms. The molecule has 1 atom stereocenters. The summed E-state index contributed by atoms with van der Waals surface area (Å²) >= 11 is 1.65. The maximum absolute atomic E-state index is 13.5. The molecule has 1 unspecified atom stereocenters. The Morgan fingerprint density at radius 3 is 2.61 bits per heavy atom. The van der Waals surface area contributed by atoms with Gasteiger partial charge in [0.05, 0.1) is 33.6 Å². The molecule has 0 saturated carbocycles. The molecule has 3 aromatic carbocycles. The molecule has 6 nitrogen and oxygen atoms in total. The molecular formula is C29H27N3O3S. The van der Waals surface area contributed by atoms with Gasteiger partial charge in [-0.1, -0.05) is 24.3 Å². The van der Waals surface area contributed by atoms with Crippen molar-refractivity contribution in [2.45, 2.75) is 26.8 Å². The van der Waals surface area contributed by atoms with E-state index >= 15 is 0 Å². The van der Waals surface area contributed by atoms with Crippen molar-refractivity contribution in [3.05, 3.63) is 92.7 Å². The number of pyridine rings is 1. The van der Waals surface area contributed by atoms with Crippen LogP contribution in [0.4, 0.5) is 5.69 Å². The molecule has 36 heavy (non-hydrogen) atoms. The van der Waals surface area contributed by atoms with E-state index in [1.54, 1.807) is 22.0 Å². The molecule has 182 valence electrons. The zero-order valence-corrected chi connectivity index (χ0v) is 21.7. The Balaban J connectivity index is 1.66. The minimum absolute atomic E-state index is 0.0461. The highest BCUT2D eigenvalue weighted by Gasteiger charge is 2.18. The van der Waals surface area contributed by atoms with Crippen molar-refractivity contribution in [2.24, 2.45) is 7.05 Å². The van der Waals surface area contributed by atoms with E-state index in [2.05, 4.69) is 28.5 Å². The number of anilines is 1. The van der Waals surface area contributed by atoms with Crippen molar-refractivity contribution < 1.29 is 9.53 Å². The Hall–Kier alpha value is -3.97. The van der Waals surface area contributed by atoms with Gasteiger partial charge >= 0.3 is 5.97 Å². The van der Waals surface area contributed by atoms with E-state index in [9.17, 15) is 9.59 Å². The lowest BCUT2D eigenvalue weighted by Crippen LogP contribution is -2.20. The molecule has 5 aromatic rings. The van der Waals surface area contributed by atoms with Crippen LogP contribution in [0.25, 0.3) is 32.2 Å². The average Bonchev–Trinajstić information content (AvgIpc) is 3.25. The number of carbonyl (C=O) groups is 1. The number of hydrogen-bond acceptors (Lipinski definition) is 6. The maximum atomic E-state index is 13.5. The molecular weight excluding hydrogens is 470 g/mol. The van der Waals surface area contributed by atoms with Crippen molar-refractivity contribution in [1.82, 2.24) is 9.55 Å². The fourth-order valence-corrected chi connectivity index (χ4v) is 5.60. The minimum atomic E-state index is -0.399. The van der Waals surface area contributed by atoms with Gasteiger partial charge in [0.25, 0.3) is 5.56 Å². The number of rotatable bonds is 5. The van der Waals surface area contributed by atoms with Crippen LogP contribution in [0.3, 0.4) is 0 Å². The van der Waals surface area contributed by atoms with Crippen molar-refractivity contribution in [3.8, 4) is 11.3 Å². The number of thiazole rings is 1. The lowest BCUT2D eigenvalue weighted by molar-refractivity contribution is 0.0602. The first-order valence-corrected chi connectivity index (χ1v) is 12.5. The van der Waals surface area contributed by atoms with Gasteiger partial charge in [0.1, 0.15) is 0 Å². The van der Waals surface area contributed by atoms with Crippen molar-refractivity contribution in [3.63, 3.8) is 0 Å². The van der Waals surface area contributed by atoms with E-state index < -0.39 is 5.97 Å². The highest BCUT2D eigenvalue weighted by molar-refractivity contribution is 7.18. The van der Waals surface area contributed by atoms with Gasteiger partial charge < -0.3 is 14.6 Å². The lowest BCUT2D eigenvalue weighted by Gasteiger charge is -2.21. The summed E-state index contributed by atoms with van der Waals surface area (Å²) in [6.07, 6.45) is 0. The van der Waals surface area contributed by atoms with Gasteiger partial charge in [-0.2, -0.15) is 0 Å². The predicted octanol–water partition coefficient (Wildman–Crippen LogP) is 6.39. The molecule has 0 aliphatic carbocycles. The number of fused-ring (bicyclic) bond motifs is 2. The standard InChI is InChI=1S/C29H27N3O3S/c1-16-12-21(17(2)30-24-9-7-6-8-20(24)29(34)35-5)22-15-26(32(4)28(33)23(22)13-16)19-10-11-25-27(14-19)36-18(3)31-25/h6-15,17,30H,1-5H3. The topological polar surface area (TPSA) is 73.2 Å². The molecule has 0 amide bonds. The Labute approximate surface area is 213 Å². The third-order valence-electron chi connectivity index (χ3n) is 6.50. The number of hydrogen-bond donors (Lipinski definition) is 1. The highest BCUT2D eigenvalue weighted by atomic mass is 32.1. The summed E-state index contributed by atoms with van der Waals surface area (Å²) in [5.41, 5.74) is 5.86. The van der Waals surface area contributed by atoms with Gasteiger partial charge in [-0.15, -0.1) is 11.3 Å². The number of ether oxygens (including phenoxy) is 1. The van der Waals surface area contributed by atoms with E-state index in [-0.39, 0.29) is 11.6 Å². The monoisotopic (exact) mass is 497 g/mol. The average molecular weight is 498 g/mol. The van der Waals surface area contributed by atoms with Gasteiger partial charge in [0, 0.05) is 24.2 Å². The van der Waals surface area contributed by atoms with Gasteiger partial charge in [0.2, 0.25) is 0 Å². The van der Waals surface area contributed by atoms with Crippen LogP contribution in [0.2, 0.25) is 0 Å². The molecule has 0 fully saturated rings. The largest absolute Gasteiger partial charge is 0.465 e. The first kappa shape index (κ1) is 23.8. The molecule has 0 saturated heterocycles. The van der Waals surface area contributed by atoms with E-state index in [1.165, 1.54) is 7.11 Å². The van der Waals surface area contributed by atoms with Crippen molar-refractivity contribution in [1.29, 1.82) is 0 Å². The summed E-state index contributed by atoms with van der Waals surface area (Å²) in [5.74, 6) is -0.399. The van der Waals surface area contributed by atoms with Crippen molar-refractivity contribution in [2.75, 3.05) is 12.4 Å². The molecule has 0 bridgehead atoms. The van der Waals surface area contributed by atoms with Crippen LogP contribution in [0.5, 0.6) is 0 Å². The number of nitrogens with zero attached hydrogens (tertiary/aromatic N) is 2. The van der Waals surface area contributed by atoms with Crippen LogP contribution in [-0.4, -0.2) is 22.6 Å². The van der Waals surface area contributed by atoms with Crippen molar-refractivity contribution >= 4 is 44.0 Å². The Morgan fingerprint density at radius 2 is 1.83 bits per heavy atom. The molecule has 0 aliphatic heterocycles. The van der Waals surface area contributed by atoms with Gasteiger partial charge in [0.15, 0.2) is 0 Å². The minimum Gasteiger partial charge on any atom is -0.465 e. The fraction of sp³-hybridized carbons (Fsp3) is 0.207. The molecule has 7 heteroatoms. The molecule has 0 radical (unpaired) electrons. The summed E-state index contributed by atoms with van der Waals surface area (Å²) in [5, 5.41) is 6.03. The molecule has 2 aromatic heterocycles. The summed E-state index contributed by atoms with van der Waals surface area (Å²) in [4.78, 5) is 30.4. The zero-order valence-electron chi connectivity index (χ0n) is 20.9. The van der Waals surface area contributed by atoms with Crippen LogP contribution in [0.1, 0.15) is 39.5 Å².